The summed E-state index contributed by atoms with van der Waals surface area (Å²) in [5, 5.41) is 0. The highest BCUT2D eigenvalue weighted by Gasteiger charge is 2.00. The Kier molecular flexibility index (Phi) is 7.74. The minimum absolute atomic E-state index is 0.119. The number of carbonyl (C=O) groups is 1. The van der Waals surface area contributed by atoms with E-state index in [1.165, 1.54) is 0 Å². The Bertz CT molecular complexity index is 187. The van der Waals surface area contributed by atoms with Crippen LogP contribution in [-0.2, 0) is 9.53 Å². The van der Waals surface area contributed by atoms with E-state index < -0.39 is 0 Å². The molecule has 1 unspecified atom stereocenters. The van der Waals surface area contributed by atoms with Crippen molar-refractivity contribution in [3.63, 3.8) is 0 Å². The molecule has 0 aromatic carbocycles. The molecule has 0 rings (SSSR count). The Morgan fingerprint density at radius 2 is 2.38 bits per heavy atom. The Labute approximate surface area is 84.0 Å². The summed E-state index contributed by atoms with van der Waals surface area (Å²) < 4.78 is 5.05. The fourth-order valence-corrected chi connectivity index (χ4v) is 1.34. The van der Waals surface area contributed by atoms with Crippen LogP contribution in [0, 0.1) is 0 Å². The zero-order valence-corrected chi connectivity index (χ0v) is 8.97. The van der Waals surface area contributed by atoms with Gasteiger partial charge in [0, 0.05) is 13.5 Å². The van der Waals surface area contributed by atoms with Gasteiger partial charge in [0.15, 0.2) is 0 Å². The van der Waals surface area contributed by atoms with E-state index in [0.717, 1.165) is 16.9 Å². The molecule has 0 aliphatic heterocycles. The van der Waals surface area contributed by atoms with E-state index in [9.17, 15) is 4.79 Å². The van der Waals surface area contributed by atoms with Gasteiger partial charge >= 0.3 is 0 Å². The van der Waals surface area contributed by atoms with E-state index in [1.807, 2.05) is 12.2 Å². The first-order chi connectivity index (χ1) is 6.24. The molecule has 0 fully saturated rings. The Hall–Kier alpha value is -0.540. The maximum absolute atomic E-state index is 10.2. The van der Waals surface area contributed by atoms with Crippen LogP contribution >= 0.6 is 11.8 Å². The Morgan fingerprint density at radius 3 is 2.85 bits per heavy atom. The van der Waals surface area contributed by atoms with Crippen molar-refractivity contribution in [1.82, 2.24) is 0 Å². The van der Waals surface area contributed by atoms with Crippen LogP contribution < -0.4 is 0 Å². The minimum atomic E-state index is -0.119. The summed E-state index contributed by atoms with van der Waals surface area (Å²) in [6, 6.07) is 0. The van der Waals surface area contributed by atoms with Gasteiger partial charge in [-0.05, 0) is 10.7 Å². The molecule has 0 amide bonds. The van der Waals surface area contributed by atoms with Crippen LogP contribution in [0.2, 0.25) is 0 Å². The van der Waals surface area contributed by atoms with Crippen LogP contribution in [0.15, 0.2) is 23.6 Å². The molecule has 2 nitrogen and oxygen atoms in total. The van der Waals surface area contributed by atoms with Crippen molar-refractivity contribution < 1.29 is 9.53 Å². The minimum Gasteiger partial charge on any atom is -0.377 e. The Morgan fingerprint density at radius 1 is 1.69 bits per heavy atom. The zero-order valence-electron chi connectivity index (χ0n) is 8.16. The summed E-state index contributed by atoms with van der Waals surface area (Å²) in [4.78, 5) is 11.2. The maximum atomic E-state index is 10.2. The molecule has 0 aromatic rings. The molecule has 0 spiro atoms. The molecule has 0 aliphatic carbocycles. The number of carbonyl (C=O) groups excluding carboxylic acids is 1. The summed E-state index contributed by atoms with van der Waals surface area (Å²) in [6.07, 6.45) is 4.89. The van der Waals surface area contributed by atoms with Crippen molar-refractivity contribution in [2.75, 3.05) is 12.9 Å². The Balaban J connectivity index is 3.90. The second-order valence-electron chi connectivity index (χ2n) is 2.43. The predicted octanol–water partition coefficient (Wildman–Crippen LogP) is 2.41. The molecular weight excluding hydrogens is 184 g/mol. The van der Waals surface area contributed by atoms with Gasteiger partial charge in [-0.3, -0.25) is 0 Å². The predicted molar refractivity (Wildman–Crippen MR) is 57.9 cm³/mol. The van der Waals surface area contributed by atoms with Crippen LogP contribution in [0.3, 0.4) is 0 Å². The third-order valence-corrected chi connectivity index (χ3v) is 2.25. The average Bonchev–Trinajstić information content (AvgIpc) is 2.12. The quantitative estimate of drug-likeness (QED) is 0.466. The molecule has 0 radical (unpaired) electrons. The molecule has 0 bridgehead atoms. The van der Waals surface area contributed by atoms with Gasteiger partial charge in [0.1, 0.15) is 6.29 Å². The van der Waals surface area contributed by atoms with Crippen LogP contribution in [0.4, 0.5) is 0 Å². The van der Waals surface area contributed by atoms with Crippen molar-refractivity contribution in [2.24, 2.45) is 0 Å². The normalized spacial score (nSPS) is 13.1. The highest BCUT2D eigenvalue weighted by Crippen LogP contribution is 2.14. The smallest absolute Gasteiger partial charge is 0.122 e. The van der Waals surface area contributed by atoms with E-state index >= 15 is 0 Å². The van der Waals surface area contributed by atoms with Gasteiger partial charge < -0.3 is 9.53 Å². The van der Waals surface area contributed by atoms with E-state index in [1.54, 1.807) is 18.9 Å². The monoisotopic (exact) mass is 200 g/mol. The second-order valence-corrected chi connectivity index (χ2v) is 3.83. The SMILES string of the molecule is C=C(/C=C\C(CC=O)OC)SCC. The average molecular weight is 200 g/mol. The summed E-state index contributed by atoms with van der Waals surface area (Å²) in [7, 11) is 1.59. The number of ether oxygens (including phenoxy) is 1. The lowest BCUT2D eigenvalue weighted by Gasteiger charge is -2.05. The topological polar surface area (TPSA) is 26.3 Å². The molecule has 1 atom stereocenters. The third-order valence-electron chi connectivity index (χ3n) is 1.46. The van der Waals surface area contributed by atoms with E-state index in [4.69, 9.17) is 4.74 Å². The molecule has 0 aliphatic rings. The third kappa shape index (κ3) is 6.61. The standard InChI is InChI=1S/C10H16O2S/c1-4-13-9(2)5-6-10(12-3)7-8-11/h5-6,8,10H,2,4,7H2,1,3H3/b6-5-. The van der Waals surface area contributed by atoms with Gasteiger partial charge in [-0.1, -0.05) is 25.7 Å². The molecule has 3 heteroatoms. The lowest BCUT2D eigenvalue weighted by atomic mass is 10.2. The number of hydrogen-bond donors (Lipinski definition) is 0. The molecule has 13 heavy (non-hydrogen) atoms. The van der Waals surface area contributed by atoms with Crippen molar-refractivity contribution in [3.05, 3.63) is 23.6 Å². The second kappa shape index (κ2) is 8.08. The molecular formula is C10H16O2S. The zero-order chi connectivity index (χ0) is 10.1. The molecule has 0 heterocycles. The summed E-state index contributed by atoms with van der Waals surface area (Å²) >= 11 is 1.68. The van der Waals surface area contributed by atoms with Crippen LogP contribution in [0.1, 0.15) is 13.3 Å². The van der Waals surface area contributed by atoms with Crippen molar-refractivity contribution in [3.8, 4) is 0 Å². The van der Waals surface area contributed by atoms with Gasteiger partial charge in [-0.15, -0.1) is 11.8 Å². The summed E-state index contributed by atoms with van der Waals surface area (Å²) in [6.45, 7) is 5.92. The lowest BCUT2D eigenvalue weighted by Crippen LogP contribution is -2.06. The van der Waals surface area contributed by atoms with Gasteiger partial charge in [-0.25, -0.2) is 0 Å². The van der Waals surface area contributed by atoms with Crippen molar-refractivity contribution in [1.29, 1.82) is 0 Å². The van der Waals surface area contributed by atoms with Crippen molar-refractivity contribution in [2.45, 2.75) is 19.4 Å². The first kappa shape index (κ1) is 12.5. The van der Waals surface area contributed by atoms with Gasteiger partial charge in [-0.2, -0.15) is 0 Å². The first-order valence-electron chi connectivity index (χ1n) is 4.20. The fraction of sp³-hybridized carbons (Fsp3) is 0.500. The number of aldehydes is 1. The van der Waals surface area contributed by atoms with Crippen LogP contribution in [0.25, 0.3) is 0 Å². The molecule has 0 saturated heterocycles. The fourth-order valence-electron chi connectivity index (χ4n) is 0.796. The molecule has 0 aromatic heterocycles. The largest absolute Gasteiger partial charge is 0.377 e. The van der Waals surface area contributed by atoms with Gasteiger partial charge in [0.25, 0.3) is 0 Å². The molecule has 74 valence electrons. The van der Waals surface area contributed by atoms with E-state index in [-0.39, 0.29) is 6.10 Å². The number of thioether (sulfide) groups is 1. The van der Waals surface area contributed by atoms with Crippen molar-refractivity contribution >= 4 is 18.0 Å². The van der Waals surface area contributed by atoms with Crippen LogP contribution in [-0.4, -0.2) is 25.3 Å². The maximum Gasteiger partial charge on any atom is 0.122 e. The van der Waals surface area contributed by atoms with Crippen LogP contribution in [0.5, 0.6) is 0 Å². The highest BCUT2D eigenvalue weighted by atomic mass is 32.2. The lowest BCUT2D eigenvalue weighted by molar-refractivity contribution is -0.109. The van der Waals surface area contributed by atoms with Gasteiger partial charge in [0.2, 0.25) is 0 Å². The van der Waals surface area contributed by atoms with E-state index in [0.29, 0.717) is 6.42 Å². The van der Waals surface area contributed by atoms with E-state index in [2.05, 4.69) is 13.5 Å². The highest BCUT2D eigenvalue weighted by molar-refractivity contribution is 8.03. The number of allylic oxidation sites excluding steroid dienone is 1. The number of methoxy groups -OCH3 is 1. The molecule has 0 saturated carbocycles. The number of hydrogen-bond acceptors (Lipinski definition) is 3. The summed E-state index contributed by atoms with van der Waals surface area (Å²) in [5.41, 5.74) is 0. The molecule has 0 N–H and O–H groups in total. The summed E-state index contributed by atoms with van der Waals surface area (Å²) in [5.74, 6) is 1.01. The first-order valence-corrected chi connectivity index (χ1v) is 5.19. The number of rotatable bonds is 7. The van der Waals surface area contributed by atoms with Gasteiger partial charge in [0.05, 0.1) is 6.10 Å².